The number of thiazole rings is 1. The number of carbonyl (C=O) groups is 1. The Morgan fingerprint density at radius 3 is 2.55 bits per heavy atom. The minimum Gasteiger partial charge on any atom is -0.477 e. The number of aromatic nitrogens is 1. The van der Waals surface area contributed by atoms with Crippen LogP contribution in [-0.4, -0.2) is 28.6 Å². The lowest BCUT2D eigenvalue weighted by atomic mass is 10.2. The fourth-order valence-corrected chi connectivity index (χ4v) is 3.17. The molecule has 0 saturated carbocycles. The van der Waals surface area contributed by atoms with Crippen LogP contribution in [0.1, 0.15) is 68.7 Å². The molecule has 0 spiro atoms. The zero-order valence-electron chi connectivity index (χ0n) is 13.0. The van der Waals surface area contributed by atoms with E-state index < -0.39 is 5.97 Å². The molecule has 1 rings (SSSR count). The Hall–Kier alpha value is -1.10. The van der Waals surface area contributed by atoms with Crippen LogP contribution in [0, 0.1) is 0 Å². The number of hydrogen-bond donors (Lipinski definition) is 1. The van der Waals surface area contributed by atoms with Gasteiger partial charge in [0, 0.05) is 12.6 Å². The molecule has 0 aliphatic carbocycles. The van der Waals surface area contributed by atoms with E-state index in [0.717, 1.165) is 49.5 Å². The maximum Gasteiger partial charge on any atom is 0.347 e. The average Bonchev–Trinajstić information content (AvgIpc) is 2.83. The Morgan fingerprint density at radius 2 is 2.05 bits per heavy atom. The van der Waals surface area contributed by atoms with Crippen LogP contribution in [0.2, 0.25) is 0 Å². The standard InChI is InChI=1S/C15H26N2O2S/c1-5-8-10-17(11(4)7-3)15-16-12(9-6-2)13(20-15)14(18)19/h11H,5-10H2,1-4H3,(H,18,19). The Kier molecular flexibility index (Phi) is 6.99. The van der Waals surface area contributed by atoms with Crippen LogP contribution in [0.5, 0.6) is 0 Å². The SMILES string of the molecule is CCCCN(c1nc(CCC)c(C(=O)O)s1)C(C)CC. The van der Waals surface area contributed by atoms with Crippen LogP contribution in [-0.2, 0) is 6.42 Å². The lowest BCUT2D eigenvalue weighted by molar-refractivity contribution is 0.0700. The zero-order valence-corrected chi connectivity index (χ0v) is 13.8. The summed E-state index contributed by atoms with van der Waals surface area (Å²) in [5.74, 6) is -0.850. The van der Waals surface area contributed by atoms with Gasteiger partial charge in [-0.3, -0.25) is 0 Å². The average molecular weight is 298 g/mol. The molecule has 1 aromatic heterocycles. The van der Waals surface area contributed by atoms with E-state index >= 15 is 0 Å². The van der Waals surface area contributed by atoms with Crippen molar-refractivity contribution in [1.29, 1.82) is 0 Å². The molecule has 1 N–H and O–H groups in total. The topological polar surface area (TPSA) is 53.4 Å². The minimum absolute atomic E-state index is 0.392. The number of carboxylic acid groups (broad SMARTS) is 1. The molecule has 0 bridgehead atoms. The van der Waals surface area contributed by atoms with Gasteiger partial charge in [-0.1, -0.05) is 44.9 Å². The van der Waals surface area contributed by atoms with E-state index in [-0.39, 0.29) is 0 Å². The second kappa shape index (κ2) is 8.25. The molecule has 1 heterocycles. The Bertz CT molecular complexity index is 432. The van der Waals surface area contributed by atoms with E-state index in [9.17, 15) is 9.90 Å². The van der Waals surface area contributed by atoms with E-state index in [2.05, 4.69) is 30.7 Å². The first kappa shape index (κ1) is 17.0. The molecule has 1 aromatic rings. The van der Waals surface area contributed by atoms with E-state index in [1.165, 1.54) is 11.3 Å². The molecule has 0 aromatic carbocycles. The Balaban J connectivity index is 3.06. The molecular weight excluding hydrogens is 272 g/mol. The van der Waals surface area contributed by atoms with Crippen molar-refractivity contribution in [2.75, 3.05) is 11.4 Å². The summed E-state index contributed by atoms with van der Waals surface area (Å²) in [6.07, 6.45) is 4.93. The molecule has 0 aliphatic rings. The molecule has 4 nitrogen and oxygen atoms in total. The molecular formula is C15H26N2O2S. The van der Waals surface area contributed by atoms with E-state index in [1.54, 1.807) is 0 Å². The summed E-state index contributed by atoms with van der Waals surface area (Å²) >= 11 is 1.33. The van der Waals surface area contributed by atoms with Gasteiger partial charge in [0.2, 0.25) is 0 Å². The molecule has 1 unspecified atom stereocenters. The molecule has 0 radical (unpaired) electrons. The van der Waals surface area contributed by atoms with Gasteiger partial charge in [0.1, 0.15) is 4.88 Å². The molecule has 5 heteroatoms. The first-order chi connectivity index (χ1) is 9.54. The number of carboxylic acids is 1. The minimum atomic E-state index is -0.850. The second-order valence-corrected chi connectivity index (χ2v) is 6.11. The van der Waals surface area contributed by atoms with Crippen molar-refractivity contribution in [3.05, 3.63) is 10.6 Å². The fourth-order valence-electron chi connectivity index (χ4n) is 2.09. The number of unbranched alkanes of at least 4 members (excludes halogenated alkanes) is 1. The van der Waals surface area contributed by atoms with Crippen molar-refractivity contribution in [3.63, 3.8) is 0 Å². The maximum absolute atomic E-state index is 11.3. The van der Waals surface area contributed by atoms with E-state index in [1.807, 2.05) is 6.92 Å². The summed E-state index contributed by atoms with van der Waals surface area (Å²) in [6, 6.07) is 0.392. The van der Waals surface area contributed by atoms with Gasteiger partial charge in [0.05, 0.1) is 5.69 Å². The highest BCUT2D eigenvalue weighted by molar-refractivity contribution is 7.17. The van der Waals surface area contributed by atoms with Gasteiger partial charge in [-0.05, 0) is 26.2 Å². The van der Waals surface area contributed by atoms with E-state index in [0.29, 0.717) is 10.9 Å². The van der Waals surface area contributed by atoms with Crippen LogP contribution < -0.4 is 4.90 Å². The molecule has 0 fully saturated rings. The summed E-state index contributed by atoms with van der Waals surface area (Å²) in [4.78, 5) is 18.6. The largest absolute Gasteiger partial charge is 0.477 e. The van der Waals surface area contributed by atoms with Crippen LogP contribution in [0.15, 0.2) is 0 Å². The summed E-state index contributed by atoms with van der Waals surface area (Å²) in [5.41, 5.74) is 0.741. The maximum atomic E-state index is 11.3. The van der Waals surface area contributed by atoms with Crippen molar-refractivity contribution in [3.8, 4) is 0 Å². The van der Waals surface area contributed by atoms with Crippen molar-refractivity contribution in [2.24, 2.45) is 0 Å². The van der Waals surface area contributed by atoms with E-state index in [4.69, 9.17) is 0 Å². The zero-order chi connectivity index (χ0) is 15.1. The predicted molar refractivity (Wildman–Crippen MR) is 85.1 cm³/mol. The number of aromatic carboxylic acids is 1. The summed E-state index contributed by atoms with van der Waals surface area (Å²) in [5, 5.41) is 10.2. The first-order valence-corrected chi connectivity index (χ1v) is 8.36. The third kappa shape index (κ3) is 4.20. The Labute approximate surface area is 125 Å². The first-order valence-electron chi connectivity index (χ1n) is 7.54. The van der Waals surface area contributed by atoms with Crippen LogP contribution in [0.4, 0.5) is 5.13 Å². The molecule has 1 atom stereocenters. The van der Waals surface area contributed by atoms with Gasteiger partial charge in [-0.2, -0.15) is 0 Å². The number of aryl methyl sites for hydroxylation is 1. The van der Waals surface area contributed by atoms with Crippen molar-refractivity contribution < 1.29 is 9.90 Å². The highest BCUT2D eigenvalue weighted by atomic mass is 32.1. The van der Waals surface area contributed by atoms with Gasteiger partial charge in [-0.25, -0.2) is 9.78 Å². The quantitative estimate of drug-likeness (QED) is 0.742. The van der Waals surface area contributed by atoms with Gasteiger partial charge in [0.15, 0.2) is 5.13 Å². The Morgan fingerprint density at radius 1 is 1.35 bits per heavy atom. The number of rotatable bonds is 9. The third-order valence-electron chi connectivity index (χ3n) is 3.49. The number of nitrogens with zero attached hydrogens (tertiary/aromatic N) is 2. The lowest BCUT2D eigenvalue weighted by Crippen LogP contribution is -2.33. The van der Waals surface area contributed by atoms with Crippen LogP contribution in [0.3, 0.4) is 0 Å². The van der Waals surface area contributed by atoms with Crippen molar-refractivity contribution in [2.45, 2.75) is 65.8 Å². The van der Waals surface area contributed by atoms with Crippen LogP contribution in [0.25, 0.3) is 0 Å². The lowest BCUT2D eigenvalue weighted by Gasteiger charge is -2.28. The van der Waals surface area contributed by atoms with Gasteiger partial charge in [-0.15, -0.1) is 0 Å². The molecule has 0 saturated heterocycles. The monoisotopic (exact) mass is 298 g/mol. The highest BCUT2D eigenvalue weighted by Crippen LogP contribution is 2.29. The number of hydrogen-bond acceptors (Lipinski definition) is 4. The van der Waals surface area contributed by atoms with Crippen molar-refractivity contribution in [1.82, 2.24) is 4.98 Å². The number of anilines is 1. The smallest absolute Gasteiger partial charge is 0.347 e. The third-order valence-corrected chi connectivity index (χ3v) is 4.61. The van der Waals surface area contributed by atoms with Gasteiger partial charge < -0.3 is 10.0 Å². The van der Waals surface area contributed by atoms with Gasteiger partial charge >= 0.3 is 5.97 Å². The molecule has 0 amide bonds. The summed E-state index contributed by atoms with van der Waals surface area (Å²) in [7, 11) is 0. The van der Waals surface area contributed by atoms with Crippen LogP contribution >= 0.6 is 11.3 Å². The van der Waals surface area contributed by atoms with Crippen molar-refractivity contribution >= 4 is 22.4 Å². The fraction of sp³-hybridized carbons (Fsp3) is 0.733. The predicted octanol–water partition coefficient (Wildman–Crippen LogP) is 4.20. The van der Waals surface area contributed by atoms with Gasteiger partial charge in [0.25, 0.3) is 0 Å². The normalized spacial score (nSPS) is 12.4. The molecule has 0 aliphatic heterocycles. The summed E-state index contributed by atoms with van der Waals surface area (Å²) < 4.78 is 0. The highest BCUT2D eigenvalue weighted by Gasteiger charge is 2.22. The second-order valence-electron chi connectivity index (χ2n) is 5.13. The molecule has 20 heavy (non-hydrogen) atoms. The molecule has 114 valence electrons. The summed E-state index contributed by atoms with van der Waals surface area (Å²) in [6.45, 7) is 9.50.